The van der Waals surface area contributed by atoms with E-state index in [0.29, 0.717) is 22.2 Å². The summed E-state index contributed by atoms with van der Waals surface area (Å²) < 4.78 is 1.34. The summed E-state index contributed by atoms with van der Waals surface area (Å²) in [6, 6.07) is 7.34. The summed E-state index contributed by atoms with van der Waals surface area (Å²) in [5, 5.41) is 8.01. The summed E-state index contributed by atoms with van der Waals surface area (Å²) in [6.07, 6.45) is 0.774. The van der Waals surface area contributed by atoms with E-state index in [0.717, 1.165) is 22.7 Å². The number of thioether (sulfide) groups is 1. The number of aryl methyl sites for hydroxylation is 3. The molecule has 0 saturated heterocycles. The molecule has 0 aliphatic carbocycles. The van der Waals surface area contributed by atoms with Gasteiger partial charge in [-0.2, -0.15) is 9.61 Å². The Hall–Kier alpha value is -2.19. The van der Waals surface area contributed by atoms with Crippen LogP contribution in [0.2, 0.25) is 0 Å². The third-order valence-electron chi connectivity index (χ3n) is 3.92. The maximum absolute atomic E-state index is 12.1. The number of carbonyl (C=O) groups excluding carboxylic acids is 1. The van der Waals surface area contributed by atoms with Gasteiger partial charge in [-0.25, -0.2) is 4.98 Å². The highest BCUT2D eigenvalue weighted by atomic mass is 32.2. The van der Waals surface area contributed by atoms with Crippen LogP contribution in [0.4, 0.5) is 5.69 Å². The van der Waals surface area contributed by atoms with Crippen LogP contribution < -0.4 is 10.9 Å². The maximum Gasteiger partial charge on any atom is 0.275 e. The Morgan fingerprint density at radius 2 is 2.08 bits per heavy atom. The van der Waals surface area contributed by atoms with E-state index >= 15 is 0 Å². The first-order chi connectivity index (χ1) is 12.5. The molecule has 0 radical (unpaired) electrons. The summed E-state index contributed by atoms with van der Waals surface area (Å²) in [4.78, 5) is 29.3. The van der Waals surface area contributed by atoms with E-state index in [1.165, 1.54) is 39.2 Å². The van der Waals surface area contributed by atoms with Gasteiger partial charge in [0.05, 0.1) is 11.4 Å². The van der Waals surface area contributed by atoms with Crippen molar-refractivity contribution in [3.05, 3.63) is 56.4 Å². The van der Waals surface area contributed by atoms with Crippen LogP contribution in [-0.4, -0.2) is 26.3 Å². The molecule has 0 saturated carbocycles. The molecular formula is C18H20N4O2S2. The average molecular weight is 389 g/mol. The molecule has 3 aromatic rings. The Labute approximate surface area is 159 Å². The standard InChI is InChI=1S/C18H20N4O2S2/c1-4-16-21-22-17(24)8-14(20-18(22)26-16)9-25-10-15(23)19-13-6-5-11(2)12(3)7-13/h5-8H,4,9-10H2,1-3H3,(H,19,23). The number of anilines is 1. The van der Waals surface area contributed by atoms with Crippen molar-refractivity contribution in [1.29, 1.82) is 0 Å². The lowest BCUT2D eigenvalue weighted by molar-refractivity contribution is -0.113. The van der Waals surface area contributed by atoms with Crippen LogP contribution in [0.25, 0.3) is 4.96 Å². The zero-order valence-electron chi connectivity index (χ0n) is 14.9. The van der Waals surface area contributed by atoms with Gasteiger partial charge in [-0.15, -0.1) is 11.8 Å². The molecule has 2 aromatic heterocycles. The van der Waals surface area contributed by atoms with Crippen molar-refractivity contribution in [2.45, 2.75) is 32.9 Å². The fourth-order valence-electron chi connectivity index (χ4n) is 2.38. The smallest absolute Gasteiger partial charge is 0.275 e. The van der Waals surface area contributed by atoms with Crippen molar-refractivity contribution in [3.63, 3.8) is 0 Å². The van der Waals surface area contributed by atoms with Crippen molar-refractivity contribution in [3.8, 4) is 0 Å². The highest BCUT2D eigenvalue weighted by Crippen LogP contribution is 2.17. The van der Waals surface area contributed by atoms with Crippen molar-refractivity contribution in [2.24, 2.45) is 0 Å². The van der Waals surface area contributed by atoms with Gasteiger partial charge in [0.25, 0.3) is 5.56 Å². The summed E-state index contributed by atoms with van der Waals surface area (Å²) in [7, 11) is 0. The molecule has 0 spiro atoms. The highest BCUT2D eigenvalue weighted by molar-refractivity contribution is 7.99. The van der Waals surface area contributed by atoms with Crippen molar-refractivity contribution in [2.75, 3.05) is 11.1 Å². The van der Waals surface area contributed by atoms with Crippen LogP contribution in [0.1, 0.15) is 28.8 Å². The van der Waals surface area contributed by atoms with Crippen LogP contribution in [-0.2, 0) is 17.0 Å². The maximum atomic E-state index is 12.1. The lowest BCUT2D eigenvalue weighted by Crippen LogP contribution is -2.16. The van der Waals surface area contributed by atoms with Gasteiger partial charge >= 0.3 is 0 Å². The molecule has 3 rings (SSSR count). The van der Waals surface area contributed by atoms with Crippen molar-refractivity contribution < 1.29 is 4.79 Å². The van der Waals surface area contributed by atoms with Crippen molar-refractivity contribution in [1.82, 2.24) is 14.6 Å². The molecule has 2 heterocycles. The minimum absolute atomic E-state index is 0.0675. The van der Waals surface area contributed by atoms with Crippen LogP contribution in [0.5, 0.6) is 0 Å². The average Bonchev–Trinajstić information content (AvgIpc) is 3.02. The predicted molar refractivity (Wildman–Crippen MR) is 107 cm³/mol. The second-order valence-electron chi connectivity index (χ2n) is 5.97. The van der Waals surface area contributed by atoms with Gasteiger partial charge in [-0.1, -0.05) is 24.3 Å². The fraction of sp³-hybridized carbons (Fsp3) is 0.333. The molecule has 136 valence electrons. The van der Waals surface area contributed by atoms with E-state index in [9.17, 15) is 9.59 Å². The summed E-state index contributed by atoms with van der Waals surface area (Å²) in [6.45, 7) is 6.05. The molecule has 1 amide bonds. The number of rotatable bonds is 6. The topological polar surface area (TPSA) is 76.4 Å². The van der Waals surface area contributed by atoms with E-state index in [2.05, 4.69) is 15.4 Å². The van der Waals surface area contributed by atoms with Crippen LogP contribution in [0.3, 0.4) is 0 Å². The number of hydrogen-bond acceptors (Lipinski definition) is 6. The van der Waals surface area contributed by atoms with E-state index in [1.807, 2.05) is 39.0 Å². The van der Waals surface area contributed by atoms with Gasteiger partial charge in [-0.05, 0) is 43.5 Å². The molecular weight excluding hydrogens is 368 g/mol. The Morgan fingerprint density at radius 3 is 2.81 bits per heavy atom. The van der Waals surface area contributed by atoms with Gasteiger partial charge in [0, 0.05) is 17.5 Å². The summed E-state index contributed by atoms with van der Waals surface area (Å²) in [5.74, 6) is 0.740. The number of fused-ring (bicyclic) bond motifs is 1. The van der Waals surface area contributed by atoms with E-state index in [-0.39, 0.29) is 11.5 Å². The fourth-order valence-corrected chi connectivity index (χ4v) is 3.95. The molecule has 26 heavy (non-hydrogen) atoms. The Balaban J connectivity index is 1.58. The largest absolute Gasteiger partial charge is 0.325 e. The normalized spacial score (nSPS) is 11.0. The van der Waals surface area contributed by atoms with Gasteiger partial charge in [0.1, 0.15) is 5.01 Å². The first-order valence-electron chi connectivity index (χ1n) is 8.30. The Morgan fingerprint density at radius 1 is 1.27 bits per heavy atom. The first-order valence-corrected chi connectivity index (χ1v) is 10.3. The predicted octanol–water partition coefficient (Wildman–Crippen LogP) is 3.20. The molecule has 8 heteroatoms. The molecule has 6 nitrogen and oxygen atoms in total. The highest BCUT2D eigenvalue weighted by Gasteiger charge is 2.09. The van der Waals surface area contributed by atoms with Gasteiger partial charge < -0.3 is 5.32 Å². The van der Waals surface area contributed by atoms with E-state index < -0.39 is 0 Å². The van der Waals surface area contributed by atoms with Crippen molar-refractivity contribution >= 4 is 39.7 Å². The van der Waals surface area contributed by atoms with Gasteiger partial charge in [0.2, 0.25) is 10.9 Å². The molecule has 0 aliphatic rings. The third kappa shape index (κ3) is 4.31. The SMILES string of the molecule is CCc1nn2c(=O)cc(CSCC(=O)Nc3ccc(C)c(C)c3)nc2s1. The number of carbonyl (C=O) groups is 1. The minimum Gasteiger partial charge on any atom is -0.325 e. The number of benzene rings is 1. The quantitative estimate of drug-likeness (QED) is 0.702. The Bertz CT molecular complexity index is 1010. The molecule has 0 fully saturated rings. The molecule has 0 bridgehead atoms. The zero-order valence-corrected chi connectivity index (χ0v) is 16.5. The van der Waals surface area contributed by atoms with E-state index in [1.54, 1.807) is 0 Å². The molecule has 0 atom stereocenters. The van der Waals surface area contributed by atoms with E-state index in [4.69, 9.17) is 0 Å². The van der Waals surface area contributed by atoms with Gasteiger partial charge in [0.15, 0.2) is 0 Å². The lowest BCUT2D eigenvalue weighted by atomic mass is 10.1. The molecule has 0 aliphatic heterocycles. The number of amides is 1. The monoisotopic (exact) mass is 388 g/mol. The number of nitrogens with zero attached hydrogens (tertiary/aromatic N) is 3. The second-order valence-corrected chi connectivity index (χ2v) is 8.00. The van der Waals surface area contributed by atoms with Crippen LogP contribution in [0.15, 0.2) is 29.1 Å². The Kier molecular flexibility index (Phi) is 5.73. The molecule has 0 unspecified atom stereocenters. The molecule has 1 aromatic carbocycles. The number of nitrogens with one attached hydrogen (secondary N) is 1. The molecule has 1 N–H and O–H groups in total. The number of hydrogen-bond donors (Lipinski definition) is 1. The zero-order chi connectivity index (χ0) is 18.7. The minimum atomic E-state index is -0.180. The number of aromatic nitrogens is 3. The first kappa shape index (κ1) is 18.6. The lowest BCUT2D eigenvalue weighted by Gasteiger charge is -2.07. The van der Waals surface area contributed by atoms with Crippen LogP contribution >= 0.6 is 23.1 Å². The second kappa shape index (κ2) is 8.01. The summed E-state index contributed by atoms with van der Waals surface area (Å²) >= 11 is 2.85. The summed E-state index contributed by atoms with van der Waals surface area (Å²) in [5.41, 5.74) is 3.63. The van der Waals surface area contributed by atoms with Gasteiger partial charge in [-0.3, -0.25) is 9.59 Å². The van der Waals surface area contributed by atoms with Crippen LogP contribution in [0, 0.1) is 13.8 Å². The third-order valence-corrected chi connectivity index (χ3v) is 5.94.